The first kappa shape index (κ1) is 14.1. The van der Waals surface area contributed by atoms with E-state index in [1.807, 2.05) is 23.6 Å². The Hall–Kier alpha value is -1.85. The van der Waals surface area contributed by atoms with Crippen molar-refractivity contribution in [1.82, 2.24) is 9.88 Å². The first-order valence-electron chi connectivity index (χ1n) is 6.50. The number of rotatable bonds is 4. The van der Waals surface area contributed by atoms with Gasteiger partial charge in [0.25, 0.3) is 0 Å². The summed E-state index contributed by atoms with van der Waals surface area (Å²) < 4.78 is 5.65. The summed E-state index contributed by atoms with van der Waals surface area (Å²) in [6.45, 7) is 1.11. The molecule has 0 spiro atoms. The van der Waals surface area contributed by atoms with Crippen LogP contribution in [0.4, 0.5) is 0 Å². The number of hydrogen-bond acceptors (Lipinski definition) is 4. The SMILES string of the molecule is O=C(/C=C/c1cccs1)N1CC(Oc2ncccc2Cl)C1. The van der Waals surface area contributed by atoms with E-state index in [4.69, 9.17) is 16.3 Å². The van der Waals surface area contributed by atoms with Gasteiger partial charge in [-0.05, 0) is 29.7 Å². The fourth-order valence-corrected chi connectivity index (χ4v) is 2.74. The number of amides is 1. The molecule has 0 N–H and O–H groups in total. The van der Waals surface area contributed by atoms with E-state index in [0.29, 0.717) is 24.0 Å². The largest absolute Gasteiger partial charge is 0.470 e. The molecule has 0 radical (unpaired) electrons. The average Bonchev–Trinajstić information content (AvgIpc) is 2.95. The summed E-state index contributed by atoms with van der Waals surface area (Å²) in [5.41, 5.74) is 0. The number of aromatic nitrogens is 1. The maximum atomic E-state index is 11.9. The number of ether oxygens (including phenoxy) is 1. The predicted molar refractivity (Wildman–Crippen MR) is 83.6 cm³/mol. The summed E-state index contributed by atoms with van der Waals surface area (Å²) in [4.78, 5) is 18.8. The third-order valence-corrected chi connectivity index (χ3v) is 4.22. The highest BCUT2D eigenvalue weighted by Crippen LogP contribution is 2.24. The molecule has 2 aromatic rings. The van der Waals surface area contributed by atoms with Crippen LogP contribution in [0, 0.1) is 0 Å². The van der Waals surface area contributed by atoms with Crippen molar-refractivity contribution < 1.29 is 9.53 Å². The van der Waals surface area contributed by atoms with Crippen molar-refractivity contribution in [1.29, 1.82) is 0 Å². The van der Waals surface area contributed by atoms with Crippen LogP contribution in [0.3, 0.4) is 0 Å². The molecule has 2 aromatic heterocycles. The molecule has 1 aliphatic rings. The molecule has 0 bridgehead atoms. The number of carbonyl (C=O) groups excluding carboxylic acids is 1. The van der Waals surface area contributed by atoms with E-state index in [1.165, 1.54) is 0 Å². The Morgan fingerprint density at radius 2 is 2.29 bits per heavy atom. The van der Waals surface area contributed by atoms with Crippen LogP contribution in [0.2, 0.25) is 5.02 Å². The standard InChI is InChI=1S/C15H13ClN2O2S/c16-13-4-1-7-17-15(13)20-11-9-18(10-11)14(19)6-5-12-3-2-8-21-12/h1-8,11H,9-10H2/b6-5+. The highest BCUT2D eigenvalue weighted by atomic mass is 35.5. The molecular weight excluding hydrogens is 308 g/mol. The minimum atomic E-state index is -0.0449. The highest BCUT2D eigenvalue weighted by molar-refractivity contribution is 7.10. The van der Waals surface area contributed by atoms with Gasteiger partial charge in [-0.3, -0.25) is 4.79 Å². The zero-order valence-electron chi connectivity index (χ0n) is 11.1. The van der Waals surface area contributed by atoms with E-state index in [1.54, 1.807) is 40.6 Å². The van der Waals surface area contributed by atoms with E-state index < -0.39 is 0 Å². The first-order valence-corrected chi connectivity index (χ1v) is 7.76. The second kappa shape index (κ2) is 6.28. The molecule has 0 saturated carbocycles. The number of carbonyl (C=O) groups is 1. The summed E-state index contributed by atoms with van der Waals surface area (Å²) in [5, 5.41) is 2.47. The molecule has 3 heterocycles. The zero-order chi connectivity index (χ0) is 14.7. The summed E-state index contributed by atoms with van der Waals surface area (Å²) in [6.07, 6.45) is 5.01. The van der Waals surface area contributed by atoms with Crippen LogP contribution in [0.5, 0.6) is 5.88 Å². The van der Waals surface area contributed by atoms with Crippen molar-refractivity contribution in [3.05, 3.63) is 51.8 Å². The van der Waals surface area contributed by atoms with Gasteiger partial charge in [0.2, 0.25) is 11.8 Å². The molecule has 0 atom stereocenters. The molecule has 1 aliphatic heterocycles. The maximum Gasteiger partial charge on any atom is 0.246 e. The van der Waals surface area contributed by atoms with E-state index in [0.717, 1.165) is 4.88 Å². The second-order valence-electron chi connectivity index (χ2n) is 4.62. The molecule has 0 aliphatic carbocycles. The van der Waals surface area contributed by atoms with Crippen molar-refractivity contribution >= 4 is 34.9 Å². The smallest absolute Gasteiger partial charge is 0.246 e. The fraction of sp³-hybridized carbons (Fsp3) is 0.200. The molecule has 108 valence electrons. The van der Waals surface area contributed by atoms with Crippen molar-refractivity contribution in [2.45, 2.75) is 6.10 Å². The summed E-state index contributed by atoms with van der Waals surface area (Å²) in [7, 11) is 0. The lowest BCUT2D eigenvalue weighted by molar-refractivity contribution is -0.134. The topological polar surface area (TPSA) is 42.4 Å². The van der Waals surface area contributed by atoms with Gasteiger partial charge in [-0.25, -0.2) is 4.98 Å². The minimum Gasteiger partial charge on any atom is -0.470 e. The number of thiophene rings is 1. The Labute approximate surface area is 131 Å². The second-order valence-corrected chi connectivity index (χ2v) is 6.01. The normalized spacial score (nSPS) is 15.2. The van der Waals surface area contributed by atoms with Crippen LogP contribution >= 0.6 is 22.9 Å². The number of nitrogens with zero attached hydrogens (tertiary/aromatic N) is 2. The van der Waals surface area contributed by atoms with Crippen LogP contribution < -0.4 is 4.74 Å². The van der Waals surface area contributed by atoms with Gasteiger partial charge >= 0.3 is 0 Å². The molecule has 21 heavy (non-hydrogen) atoms. The average molecular weight is 321 g/mol. The van der Waals surface area contributed by atoms with Crippen LogP contribution in [-0.2, 0) is 4.79 Å². The van der Waals surface area contributed by atoms with Crippen LogP contribution in [0.1, 0.15) is 4.88 Å². The molecule has 6 heteroatoms. The summed E-state index contributed by atoms with van der Waals surface area (Å²) in [5.74, 6) is 0.417. The molecule has 3 rings (SSSR count). The monoisotopic (exact) mass is 320 g/mol. The van der Waals surface area contributed by atoms with Gasteiger partial charge in [0.05, 0.1) is 13.1 Å². The molecule has 4 nitrogen and oxygen atoms in total. The Balaban J connectivity index is 1.49. The van der Waals surface area contributed by atoms with Gasteiger partial charge in [0.1, 0.15) is 11.1 Å². The molecular formula is C15H13ClN2O2S. The lowest BCUT2D eigenvalue weighted by atomic mass is 10.1. The van der Waals surface area contributed by atoms with Gasteiger partial charge in [-0.15, -0.1) is 11.3 Å². The van der Waals surface area contributed by atoms with E-state index in [9.17, 15) is 4.79 Å². The lowest BCUT2D eigenvalue weighted by Gasteiger charge is -2.38. The predicted octanol–water partition coefficient (Wildman–Crippen LogP) is 3.10. The molecule has 0 unspecified atom stereocenters. The third kappa shape index (κ3) is 3.43. The number of likely N-dealkylation sites (tertiary alicyclic amines) is 1. The minimum absolute atomic E-state index is 0.00429. The third-order valence-electron chi connectivity index (χ3n) is 3.10. The van der Waals surface area contributed by atoms with Crippen molar-refractivity contribution in [3.63, 3.8) is 0 Å². The molecule has 1 saturated heterocycles. The van der Waals surface area contributed by atoms with Gasteiger partial charge < -0.3 is 9.64 Å². The Morgan fingerprint density at radius 3 is 3.00 bits per heavy atom. The van der Waals surface area contributed by atoms with Crippen LogP contribution in [-0.4, -0.2) is 35.0 Å². The van der Waals surface area contributed by atoms with Crippen LogP contribution in [0.25, 0.3) is 6.08 Å². The maximum absolute atomic E-state index is 11.9. The Bertz CT molecular complexity index is 651. The fourth-order valence-electron chi connectivity index (χ4n) is 1.95. The highest BCUT2D eigenvalue weighted by Gasteiger charge is 2.31. The Kier molecular flexibility index (Phi) is 4.22. The first-order chi connectivity index (χ1) is 10.2. The van der Waals surface area contributed by atoms with Crippen molar-refractivity contribution in [2.75, 3.05) is 13.1 Å². The molecule has 1 fully saturated rings. The summed E-state index contributed by atoms with van der Waals surface area (Å²) in [6, 6.07) is 7.41. The number of pyridine rings is 1. The Morgan fingerprint density at radius 1 is 1.43 bits per heavy atom. The van der Waals surface area contributed by atoms with Crippen molar-refractivity contribution in [2.24, 2.45) is 0 Å². The zero-order valence-corrected chi connectivity index (χ0v) is 12.7. The van der Waals surface area contributed by atoms with Crippen LogP contribution in [0.15, 0.2) is 41.9 Å². The van der Waals surface area contributed by atoms with Crippen molar-refractivity contribution in [3.8, 4) is 5.88 Å². The molecule has 0 aromatic carbocycles. The summed E-state index contributed by atoms with van der Waals surface area (Å²) >= 11 is 7.58. The van der Waals surface area contributed by atoms with Gasteiger partial charge in [-0.2, -0.15) is 0 Å². The quantitative estimate of drug-likeness (QED) is 0.813. The van der Waals surface area contributed by atoms with Gasteiger partial charge in [0.15, 0.2) is 0 Å². The van der Waals surface area contributed by atoms with E-state index in [2.05, 4.69) is 4.98 Å². The van der Waals surface area contributed by atoms with Gasteiger partial charge in [0, 0.05) is 17.2 Å². The number of halogens is 1. The molecule has 1 amide bonds. The van der Waals surface area contributed by atoms with Gasteiger partial charge in [-0.1, -0.05) is 17.7 Å². The van der Waals surface area contributed by atoms with E-state index >= 15 is 0 Å². The lowest BCUT2D eigenvalue weighted by Crippen LogP contribution is -2.55. The van der Waals surface area contributed by atoms with E-state index in [-0.39, 0.29) is 12.0 Å². The number of hydrogen-bond donors (Lipinski definition) is 0.